The van der Waals surface area contributed by atoms with Crippen LogP contribution in [0.1, 0.15) is 27.6 Å². The Morgan fingerprint density at radius 3 is 2.32 bits per heavy atom. The zero-order chi connectivity index (χ0) is 14.0. The molecule has 98 valence electrons. The average Bonchev–Trinajstić information content (AvgIpc) is 2.44. The number of ketones is 2. The number of carbonyl (C=O) groups is 3. The van der Waals surface area contributed by atoms with Gasteiger partial charge in [0.15, 0.2) is 11.6 Å². The second kappa shape index (κ2) is 5.16. The molecule has 1 amide bonds. The van der Waals surface area contributed by atoms with Gasteiger partial charge >= 0.3 is 0 Å². The molecule has 0 aliphatic heterocycles. The molecular weight excluding hydrogens is 244 g/mol. The smallest absolute Gasteiger partial charge is 0.234 e. The van der Waals surface area contributed by atoms with Crippen LogP contribution in [0.4, 0.5) is 0 Å². The fourth-order valence-electron chi connectivity index (χ4n) is 2.02. The molecule has 2 rings (SSSR count). The van der Waals surface area contributed by atoms with Crippen molar-refractivity contribution in [2.24, 2.45) is 5.73 Å². The first kappa shape index (κ1) is 13.2. The Morgan fingerprint density at radius 1 is 1.16 bits per heavy atom. The number of allylic oxidation sites excluding steroid dienone is 1. The van der Waals surface area contributed by atoms with E-state index in [1.54, 1.807) is 31.2 Å². The molecule has 3 N–H and O–H groups in total. The number of Topliss-reactive ketones (excluding diaryl/α,β-unsaturated/α-hetero) is 2. The zero-order valence-electron chi connectivity index (χ0n) is 10.5. The van der Waals surface area contributed by atoms with Gasteiger partial charge in [-0.05, 0) is 6.92 Å². The molecule has 0 unspecified atom stereocenters. The van der Waals surface area contributed by atoms with Crippen LogP contribution in [0.5, 0.6) is 0 Å². The lowest BCUT2D eigenvalue weighted by Crippen LogP contribution is -2.35. The minimum atomic E-state index is -0.362. The molecule has 1 aliphatic carbocycles. The van der Waals surface area contributed by atoms with Gasteiger partial charge < -0.3 is 11.1 Å². The third kappa shape index (κ3) is 2.32. The number of nitrogens with two attached hydrogens (primary N) is 1. The number of carbonyl (C=O) groups excluding carboxylic acids is 3. The highest BCUT2D eigenvalue weighted by Gasteiger charge is 2.29. The number of hydrogen-bond acceptors (Lipinski definition) is 4. The Kier molecular flexibility index (Phi) is 3.57. The summed E-state index contributed by atoms with van der Waals surface area (Å²) in [6.45, 7) is 1.48. The Hall–Kier alpha value is -2.27. The molecule has 1 aromatic rings. The SMILES string of the molecule is CC1=C(CNC(=O)CN)C(=O)c2ccccc2C1=O. The maximum absolute atomic E-state index is 12.3. The highest BCUT2D eigenvalue weighted by Crippen LogP contribution is 2.25. The molecule has 0 spiro atoms. The van der Waals surface area contributed by atoms with Gasteiger partial charge in [0.05, 0.1) is 6.54 Å². The topological polar surface area (TPSA) is 89.3 Å². The standard InChI is InChI=1S/C14H14N2O3/c1-8-11(7-16-12(17)6-15)14(19)10-5-3-2-4-9(10)13(8)18/h2-5H,6-7,15H2,1H3,(H,16,17). The number of benzene rings is 1. The van der Waals surface area contributed by atoms with E-state index < -0.39 is 0 Å². The van der Waals surface area contributed by atoms with E-state index in [-0.39, 0.29) is 30.6 Å². The lowest BCUT2D eigenvalue weighted by molar-refractivity contribution is -0.119. The summed E-state index contributed by atoms with van der Waals surface area (Å²) in [6.07, 6.45) is 0. The van der Waals surface area contributed by atoms with E-state index in [4.69, 9.17) is 5.73 Å². The molecule has 0 saturated heterocycles. The largest absolute Gasteiger partial charge is 0.351 e. The molecule has 5 nitrogen and oxygen atoms in total. The van der Waals surface area contributed by atoms with Gasteiger partial charge in [-0.1, -0.05) is 24.3 Å². The van der Waals surface area contributed by atoms with Crippen molar-refractivity contribution in [3.63, 3.8) is 0 Å². The fourth-order valence-corrected chi connectivity index (χ4v) is 2.02. The average molecular weight is 258 g/mol. The van der Waals surface area contributed by atoms with E-state index in [0.717, 1.165) is 0 Å². The molecule has 1 aliphatic rings. The highest BCUT2D eigenvalue weighted by atomic mass is 16.2. The quantitative estimate of drug-likeness (QED) is 0.824. The normalized spacial score (nSPS) is 14.4. The molecule has 0 radical (unpaired) electrons. The van der Waals surface area contributed by atoms with Crippen molar-refractivity contribution in [3.8, 4) is 0 Å². The third-order valence-electron chi connectivity index (χ3n) is 3.13. The Balaban J connectivity index is 2.35. The summed E-state index contributed by atoms with van der Waals surface area (Å²) in [5.74, 6) is -0.753. The minimum absolute atomic E-state index is 0.0285. The van der Waals surface area contributed by atoms with Crippen LogP contribution in [-0.2, 0) is 4.79 Å². The van der Waals surface area contributed by atoms with Crippen LogP contribution in [0.2, 0.25) is 0 Å². The van der Waals surface area contributed by atoms with E-state index >= 15 is 0 Å². The van der Waals surface area contributed by atoms with Crippen LogP contribution in [-0.4, -0.2) is 30.6 Å². The highest BCUT2D eigenvalue weighted by molar-refractivity contribution is 6.26. The Bertz CT molecular complexity index is 602. The molecule has 0 fully saturated rings. The van der Waals surface area contributed by atoms with E-state index in [2.05, 4.69) is 5.32 Å². The van der Waals surface area contributed by atoms with Gasteiger partial charge in [0, 0.05) is 28.8 Å². The van der Waals surface area contributed by atoms with Crippen molar-refractivity contribution in [2.45, 2.75) is 6.92 Å². The van der Waals surface area contributed by atoms with Crippen molar-refractivity contribution in [2.75, 3.05) is 13.1 Å². The van der Waals surface area contributed by atoms with Crippen LogP contribution >= 0.6 is 0 Å². The molecule has 5 heteroatoms. The van der Waals surface area contributed by atoms with Crippen molar-refractivity contribution < 1.29 is 14.4 Å². The number of rotatable bonds is 3. The fraction of sp³-hybridized carbons (Fsp3) is 0.214. The zero-order valence-corrected chi connectivity index (χ0v) is 10.5. The molecular formula is C14H14N2O3. The molecule has 0 bridgehead atoms. The minimum Gasteiger partial charge on any atom is -0.351 e. The van der Waals surface area contributed by atoms with Gasteiger partial charge in [0.1, 0.15) is 0 Å². The van der Waals surface area contributed by atoms with Gasteiger partial charge in [-0.25, -0.2) is 0 Å². The van der Waals surface area contributed by atoms with E-state index in [9.17, 15) is 14.4 Å². The molecule has 0 heterocycles. The summed E-state index contributed by atoms with van der Waals surface area (Å²) >= 11 is 0. The molecule has 0 saturated carbocycles. The van der Waals surface area contributed by atoms with Crippen LogP contribution in [0.25, 0.3) is 0 Å². The number of hydrogen-bond donors (Lipinski definition) is 2. The Labute approximate surface area is 110 Å². The maximum Gasteiger partial charge on any atom is 0.234 e. The lowest BCUT2D eigenvalue weighted by Gasteiger charge is -2.19. The molecule has 19 heavy (non-hydrogen) atoms. The van der Waals surface area contributed by atoms with Crippen molar-refractivity contribution in [1.29, 1.82) is 0 Å². The monoisotopic (exact) mass is 258 g/mol. The summed E-state index contributed by atoms with van der Waals surface area (Å²) in [5.41, 5.74) is 6.68. The van der Waals surface area contributed by atoms with E-state index in [1.165, 1.54) is 0 Å². The van der Waals surface area contributed by atoms with Crippen LogP contribution in [0.15, 0.2) is 35.4 Å². The predicted octanol–water partition coefficient (Wildman–Crippen LogP) is 0.457. The number of nitrogens with one attached hydrogen (secondary N) is 1. The summed E-state index contributed by atoms with van der Waals surface area (Å²) in [6, 6.07) is 6.68. The first-order valence-electron chi connectivity index (χ1n) is 5.91. The summed E-state index contributed by atoms with van der Waals surface area (Å²) in [7, 11) is 0. The summed E-state index contributed by atoms with van der Waals surface area (Å²) < 4.78 is 0. The van der Waals surface area contributed by atoms with Crippen molar-refractivity contribution in [3.05, 3.63) is 46.5 Å². The predicted molar refractivity (Wildman–Crippen MR) is 69.9 cm³/mol. The second-order valence-corrected chi connectivity index (χ2v) is 4.29. The maximum atomic E-state index is 12.3. The van der Waals surface area contributed by atoms with Gasteiger partial charge in [0.25, 0.3) is 0 Å². The van der Waals surface area contributed by atoms with Gasteiger partial charge in [-0.15, -0.1) is 0 Å². The van der Waals surface area contributed by atoms with E-state index in [1.807, 2.05) is 0 Å². The first-order chi connectivity index (χ1) is 9.06. The number of fused-ring (bicyclic) bond motifs is 1. The van der Waals surface area contributed by atoms with E-state index in [0.29, 0.717) is 22.3 Å². The van der Waals surface area contributed by atoms with Gasteiger partial charge in [0.2, 0.25) is 5.91 Å². The lowest BCUT2D eigenvalue weighted by atomic mass is 9.84. The molecule has 1 aromatic carbocycles. The number of amides is 1. The molecule has 0 aromatic heterocycles. The molecule has 0 atom stereocenters. The van der Waals surface area contributed by atoms with Crippen LogP contribution < -0.4 is 11.1 Å². The first-order valence-corrected chi connectivity index (χ1v) is 5.91. The van der Waals surface area contributed by atoms with Gasteiger partial charge in [-0.3, -0.25) is 14.4 Å². The van der Waals surface area contributed by atoms with Crippen molar-refractivity contribution in [1.82, 2.24) is 5.32 Å². The van der Waals surface area contributed by atoms with Gasteiger partial charge in [-0.2, -0.15) is 0 Å². The second-order valence-electron chi connectivity index (χ2n) is 4.29. The third-order valence-corrected chi connectivity index (χ3v) is 3.13. The van der Waals surface area contributed by atoms with Crippen LogP contribution in [0.3, 0.4) is 0 Å². The summed E-state index contributed by atoms with van der Waals surface area (Å²) in [4.78, 5) is 35.6. The Morgan fingerprint density at radius 2 is 1.74 bits per heavy atom. The van der Waals surface area contributed by atoms with Crippen LogP contribution in [0, 0.1) is 0 Å². The summed E-state index contributed by atoms with van der Waals surface area (Å²) in [5, 5.41) is 2.52. The van der Waals surface area contributed by atoms with Crippen molar-refractivity contribution >= 4 is 17.5 Å².